The molecule has 2 heterocycles. The number of likely N-dealkylation sites (N-methyl/N-ethyl adjacent to an activating group) is 2. The molecule has 0 unspecified atom stereocenters. The molecule has 0 aliphatic carbocycles. The number of fused-ring (bicyclic) bond motifs is 1. The fourth-order valence-corrected chi connectivity index (χ4v) is 1.89. The number of nitrogens with zero attached hydrogens (tertiary/aromatic N) is 6. The predicted molar refractivity (Wildman–Crippen MR) is 73.1 cm³/mol. The zero-order chi connectivity index (χ0) is 13.3. The molecule has 2 aromatic rings. The molecular formula is C11H17ClN6. The maximum Gasteiger partial charge on any atom is 0.226 e. The minimum Gasteiger partial charge on any atom is -0.358 e. The SMILES string of the molecule is CN(C)CCN(C)c1nc(Cl)nc2c1cnn2C. The minimum atomic E-state index is 0.248. The Morgan fingerprint density at radius 3 is 2.61 bits per heavy atom. The quantitative estimate of drug-likeness (QED) is 0.775. The third-order valence-electron chi connectivity index (χ3n) is 2.79. The molecule has 6 nitrogen and oxygen atoms in total. The van der Waals surface area contributed by atoms with Crippen LogP contribution in [0.25, 0.3) is 11.0 Å². The summed E-state index contributed by atoms with van der Waals surface area (Å²) in [5.74, 6) is 0.819. The number of halogens is 1. The van der Waals surface area contributed by atoms with Crippen LogP contribution in [0, 0.1) is 0 Å². The lowest BCUT2D eigenvalue weighted by Crippen LogP contribution is -2.29. The van der Waals surface area contributed by atoms with E-state index in [1.807, 2.05) is 28.2 Å². The third-order valence-corrected chi connectivity index (χ3v) is 2.96. The highest BCUT2D eigenvalue weighted by atomic mass is 35.5. The van der Waals surface area contributed by atoms with Gasteiger partial charge >= 0.3 is 0 Å². The molecule has 0 atom stereocenters. The highest BCUT2D eigenvalue weighted by Gasteiger charge is 2.13. The number of hydrogen-bond donors (Lipinski definition) is 0. The lowest BCUT2D eigenvalue weighted by Gasteiger charge is -2.21. The molecule has 2 rings (SSSR count). The van der Waals surface area contributed by atoms with Gasteiger partial charge < -0.3 is 9.80 Å². The van der Waals surface area contributed by atoms with Crippen LogP contribution in [-0.4, -0.2) is 58.9 Å². The van der Waals surface area contributed by atoms with E-state index in [-0.39, 0.29) is 5.28 Å². The summed E-state index contributed by atoms with van der Waals surface area (Å²) in [6, 6.07) is 0. The highest BCUT2D eigenvalue weighted by Crippen LogP contribution is 2.23. The Balaban J connectivity index is 2.37. The lowest BCUT2D eigenvalue weighted by molar-refractivity contribution is 0.416. The van der Waals surface area contributed by atoms with Crippen LogP contribution in [0.2, 0.25) is 5.28 Å². The Labute approximate surface area is 111 Å². The third kappa shape index (κ3) is 2.54. The monoisotopic (exact) mass is 268 g/mol. The molecule has 0 spiro atoms. The minimum absolute atomic E-state index is 0.248. The molecule has 0 saturated heterocycles. The molecule has 18 heavy (non-hydrogen) atoms. The molecule has 98 valence electrons. The second-order valence-electron chi connectivity index (χ2n) is 4.55. The van der Waals surface area contributed by atoms with E-state index < -0.39 is 0 Å². The lowest BCUT2D eigenvalue weighted by atomic mass is 10.3. The zero-order valence-corrected chi connectivity index (χ0v) is 11.8. The van der Waals surface area contributed by atoms with Crippen molar-refractivity contribution in [1.29, 1.82) is 0 Å². The fourth-order valence-electron chi connectivity index (χ4n) is 1.73. The molecule has 0 saturated carbocycles. The Morgan fingerprint density at radius 2 is 1.94 bits per heavy atom. The van der Waals surface area contributed by atoms with Crippen LogP contribution in [0.15, 0.2) is 6.20 Å². The number of aryl methyl sites for hydroxylation is 1. The number of anilines is 1. The van der Waals surface area contributed by atoms with Gasteiger partial charge in [-0.05, 0) is 25.7 Å². The van der Waals surface area contributed by atoms with E-state index in [2.05, 4.69) is 24.9 Å². The van der Waals surface area contributed by atoms with Crippen molar-refractivity contribution < 1.29 is 0 Å². The van der Waals surface area contributed by atoms with E-state index in [1.54, 1.807) is 10.9 Å². The van der Waals surface area contributed by atoms with Gasteiger partial charge in [0.05, 0.1) is 11.6 Å². The molecule has 0 fully saturated rings. The molecule has 0 aliphatic rings. The summed E-state index contributed by atoms with van der Waals surface area (Å²) in [5.41, 5.74) is 0.752. The van der Waals surface area contributed by atoms with Crippen LogP contribution in [0.3, 0.4) is 0 Å². The van der Waals surface area contributed by atoms with Crippen molar-refractivity contribution in [2.75, 3.05) is 39.1 Å². The fraction of sp³-hybridized carbons (Fsp3) is 0.545. The van der Waals surface area contributed by atoms with Crippen molar-refractivity contribution >= 4 is 28.5 Å². The van der Waals surface area contributed by atoms with Gasteiger partial charge in [0.25, 0.3) is 0 Å². The molecule has 0 N–H and O–H groups in total. The topological polar surface area (TPSA) is 50.1 Å². The molecular weight excluding hydrogens is 252 g/mol. The van der Waals surface area contributed by atoms with Crippen LogP contribution in [0.5, 0.6) is 0 Å². The van der Waals surface area contributed by atoms with Crippen LogP contribution in [-0.2, 0) is 7.05 Å². The zero-order valence-electron chi connectivity index (χ0n) is 11.1. The van der Waals surface area contributed by atoms with Gasteiger partial charge in [-0.3, -0.25) is 4.68 Å². The summed E-state index contributed by atoms with van der Waals surface area (Å²) in [5, 5.41) is 5.36. The molecule has 0 aromatic carbocycles. The van der Waals surface area contributed by atoms with Gasteiger partial charge in [0.15, 0.2) is 5.65 Å². The van der Waals surface area contributed by atoms with Gasteiger partial charge in [-0.2, -0.15) is 15.1 Å². The second-order valence-corrected chi connectivity index (χ2v) is 4.88. The smallest absolute Gasteiger partial charge is 0.226 e. The molecule has 7 heteroatoms. The Hall–Kier alpha value is -1.40. The average Bonchev–Trinajstić information content (AvgIpc) is 2.67. The maximum absolute atomic E-state index is 5.96. The summed E-state index contributed by atoms with van der Waals surface area (Å²) >= 11 is 5.96. The Bertz CT molecular complexity index is 550. The second kappa shape index (κ2) is 5.07. The van der Waals surface area contributed by atoms with E-state index in [0.717, 1.165) is 29.9 Å². The molecule has 0 radical (unpaired) electrons. The Kier molecular flexibility index (Phi) is 3.68. The first kappa shape index (κ1) is 13.0. The van der Waals surface area contributed by atoms with Gasteiger partial charge in [0.1, 0.15) is 5.82 Å². The van der Waals surface area contributed by atoms with Gasteiger partial charge in [-0.25, -0.2) is 0 Å². The van der Waals surface area contributed by atoms with E-state index in [9.17, 15) is 0 Å². The summed E-state index contributed by atoms with van der Waals surface area (Å²) in [6.07, 6.45) is 1.77. The van der Waals surface area contributed by atoms with Crippen molar-refractivity contribution in [3.05, 3.63) is 11.5 Å². The predicted octanol–water partition coefficient (Wildman–Crippen LogP) is 1.01. The first-order chi connectivity index (χ1) is 8.49. The van der Waals surface area contributed by atoms with Gasteiger partial charge in [0, 0.05) is 27.2 Å². The molecule has 0 bridgehead atoms. The largest absolute Gasteiger partial charge is 0.358 e. The van der Waals surface area contributed by atoms with Crippen LogP contribution >= 0.6 is 11.6 Å². The summed E-state index contributed by atoms with van der Waals surface area (Å²) < 4.78 is 1.70. The van der Waals surface area contributed by atoms with Crippen LogP contribution in [0.1, 0.15) is 0 Å². The van der Waals surface area contributed by atoms with Crippen molar-refractivity contribution in [3.63, 3.8) is 0 Å². The maximum atomic E-state index is 5.96. The number of rotatable bonds is 4. The summed E-state index contributed by atoms with van der Waals surface area (Å²) in [6.45, 7) is 1.81. The highest BCUT2D eigenvalue weighted by molar-refractivity contribution is 6.28. The van der Waals surface area contributed by atoms with Crippen molar-refractivity contribution in [1.82, 2.24) is 24.6 Å². The van der Waals surface area contributed by atoms with Gasteiger partial charge in [0.2, 0.25) is 5.28 Å². The standard InChI is InChI=1S/C11H17ClN6/c1-16(2)5-6-17(3)9-8-7-13-18(4)10(8)15-11(12)14-9/h7H,5-6H2,1-4H3. The Morgan fingerprint density at radius 1 is 1.22 bits per heavy atom. The van der Waals surface area contributed by atoms with Crippen molar-refractivity contribution in [2.45, 2.75) is 0 Å². The van der Waals surface area contributed by atoms with Crippen LogP contribution < -0.4 is 4.90 Å². The first-order valence-corrected chi connectivity index (χ1v) is 6.08. The normalized spacial score (nSPS) is 11.4. The summed E-state index contributed by atoms with van der Waals surface area (Å²) in [4.78, 5) is 12.7. The van der Waals surface area contributed by atoms with Gasteiger partial charge in [-0.15, -0.1) is 0 Å². The first-order valence-electron chi connectivity index (χ1n) is 5.70. The van der Waals surface area contributed by atoms with E-state index >= 15 is 0 Å². The van der Waals surface area contributed by atoms with E-state index in [1.165, 1.54) is 0 Å². The number of aromatic nitrogens is 4. The summed E-state index contributed by atoms with van der Waals surface area (Å²) in [7, 11) is 7.92. The van der Waals surface area contributed by atoms with Gasteiger partial charge in [-0.1, -0.05) is 0 Å². The van der Waals surface area contributed by atoms with Crippen molar-refractivity contribution in [2.24, 2.45) is 7.05 Å². The molecule has 2 aromatic heterocycles. The van der Waals surface area contributed by atoms with Crippen LogP contribution in [0.4, 0.5) is 5.82 Å². The molecule has 0 aliphatic heterocycles. The molecule has 0 amide bonds. The van der Waals surface area contributed by atoms with E-state index in [4.69, 9.17) is 11.6 Å². The number of hydrogen-bond acceptors (Lipinski definition) is 5. The van der Waals surface area contributed by atoms with Crippen molar-refractivity contribution in [3.8, 4) is 0 Å². The van der Waals surface area contributed by atoms with E-state index in [0.29, 0.717) is 0 Å². The average molecular weight is 269 g/mol.